The van der Waals surface area contributed by atoms with E-state index in [1.54, 1.807) is 6.92 Å². The Morgan fingerprint density at radius 2 is 2.44 bits per heavy atom. The second kappa shape index (κ2) is 5.24. The fourth-order valence-electron chi connectivity index (χ4n) is 1.13. The summed E-state index contributed by atoms with van der Waals surface area (Å²) in [5, 5.41) is 10.4. The van der Waals surface area contributed by atoms with Crippen molar-refractivity contribution in [1.29, 1.82) is 0 Å². The van der Waals surface area contributed by atoms with E-state index in [9.17, 15) is 14.9 Å². The van der Waals surface area contributed by atoms with Crippen LogP contribution in [-0.4, -0.2) is 20.4 Å². The Morgan fingerprint density at radius 3 is 2.94 bits per heavy atom. The van der Waals surface area contributed by atoms with Crippen molar-refractivity contribution in [3.63, 3.8) is 0 Å². The Hall–Kier alpha value is -1.92. The standard InChI is InChI=1S/C9H13N3O4/c1-3-4-9(13)16-7(2)11-5-8(10-6-11)12(14)15/h5-7H,3-4H2,1-2H3. The number of carbonyl (C=O) groups excluding carboxylic acids is 1. The summed E-state index contributed by atoms with van der Waals surface area (Å²) in [5.74, 6) is -0.593. The van der Waals surface area contributed by atoms with Crippen molar-refractivity contribution in [1.82, 2.24) is 9.55 Å². The number of imidazole rings is 1. The molecule has 0 saturated carbocycles. The normalized spacial score (nSPS) is 12.1. The predicted octanol–water partition coefficient (Wildman–Crippen LogP) is 1.65. The average molecular weight is 227 g/mol. The first-order valence-corrected chi connectivity index (χ1v) is 4.92. The van der Waals surface area contributed by atoms with E-state index in [4.69, 9.17) is 4.74 Å². The second-order valence-electron chi connectivity index (χ2n) is 3.28. The summed E-state index contributed by atoms with van der Waals surface area (Å²) < 4.78 is 6.41. The van der Waals surface area contributed by atoms with Gasteiger partial charge in [-0.2, -0.15) is 0 Å². The van der Waals surface area contributed by atoms with Crippen molar-refractivity contribution in [2.75, 3.05) is 0 Å². The van der Waals surface area contributed by atoms with Crippen LogP contribution in [0.2, 0.25) is 0 Å². The van der Waals surface area contributed by atoms with E-state index in [1.165, 1.54) is 17.1 Å². The second-order valence-corrected chi connectivity index (χ2v) is 3.28. The molecule has 1 heterocycles. The molecular weight excluding hydrogens is 214 g/mol. The van der Waals surface area contributed by atoms with Crippen molar-refractivity contribution < 1.29 is 14.5 Å². The Kier molecular flexibility index (Phi) is 3.98. The molecule has 0 amide bonds. The number of nitrogens with zero attached hydrogens (tertiary/aromatic N) is 3. The van der Waals surface area contributed by atoms with Gasteiger partial charge in [0.25, 0.3) is 0 Å². The third-order valence-electron chi connectivity index (χ3n) is 1.95. The minimum atomic E-state index is -0.600. The highest BCUT2D eigenvalue weighted by Gasteiger charge is 2.16. The molecule has 1 unspecified atom stereocenters. The molecule has 0 aliphatic rings. The molecule has 0 bridgehead atoms. The van der Waals surface area contributed by atoms with Gasteiger partial charge in [0.2, 0.25) is 6.33 Å². The Morgan fingerprint density at radius 1 is 1.75 bits per heavy atom. The third kappa shape index (κ3) is 3.04. The third-order valence-corrected chi connectivity index (χ3v) is 1.95. The lowest BCUT2D eigenvalue weighted by Crippen LogP contribution is -2.13. The molecule has 1 atom stereocenters. The molecule has 0 N–H and O–H groups in total. The number of nitro groups is 1. The smallest absolute Gasteiger partial charge is 0.381 e. The zero-order valence-corrected chi connectivity index (χ0v) is 9.12. The van der Waals surface area contributed by atoms with Crippen LogP contribution in [0.3, 0.4) is 0 Å². The SMILES string of the molecule is CCCC(=O)OC(C)n1cnc([N+](=O)[O-])c1. The molecule has 88 valence electrons. The highest BCUT2D eigenvalue weighted by atomic mass is 16.6. The van der Waals surface area contributed by atoms with Gasteiger partial charge in [-0.25, -0.2) is 0 Å². The molecule has 0 aliphatic heterocycles. The van der Waals surface area contributed by atoms with E-state index in [-0.39, 0.29) is 11.8 Å². The van der Waals surface area contributed by atoms with Crippen LogP contribution >= 0.6 is 0 Å². The summed E-state index contributed by atoms with van der Waals surface area (Å²) in [4.78, 5) is 24.5. The van der Waals surface area contributed by atoms with E-state index in [0.29, 0.717) is 12.8 Å². The van der Waals surface area contributed by atoms with Gasteiger partial charge in [-0.15, -0.1) is 0 Å². The molecule has 0 aliphatic carbocycles. The quantitative estimate of drug-likeness (QED) is 0.433. The Balaban J connectivity index is 2.62. The summed E-state index contributed by atoms with van der Waals surface area (Å²) in [6.07, 6.45) is 2.95. The molecule has 7 heteroatoms. The van der Waals surface area contributed by atoms with Gasteiger partial charge >= 0.3 is 11.8 Å². The van der Waals surface area contributed by atoms with Crippen molar-refractivity contribution in [3.8, 4) is 0 Å². The molecule has 0 aromatic carbocycles. The number of aromatic nitrogens is 2. The van der Waals surface area contributed by atoms with Crippen molar-refractivity contribution in [2.45, 2.75) is 32.9 Å². The van der Waals surface area contributed by atoms with Crippen LogP contribution in [0.4, 0.5) is 5.82 Å². The molecule has 0 saturated heterocycles. The minimum absolute atomic E-state index is 0.265. The highest BCUT2D eigenvalue weighted by Crippen LogP contribution is 2.13. The first kappa shape index (κ1) is 12.2. The molecule has 0 radical (unpaired) electrons. The van der Waals surface area contributed by atoms with E-state index < -0.39 is 11.2 Å². The molecular formula is C9H13N3O4. The summed E-state index contributed by atoms with van der Waals surface area (Å²) in [5.41, 5.74) is 0. The first-order chi connectivity index (χ1) is 7.54. The molecule has 16 heavy (non-hydrogen) atoms. The lowest BCUT2D eigenvalue weighted by atomic mass is 10.3. The molecule has 0 fully saturated rings. The maximum Gasteiger partial charge on any atom is 0.381 e. The van der Waals surface area contributed by atoms with Crippen LogP contribution < -0.4 is 0 Å². The maximum absolute atomic E-state index is 11.2. The zero-order valence-electron chi connectivity index (χ0n) is 9.12. The maximum atomic E-state index is 11.2. The van der Waals surface area contributed by atoms with Gasteiger partial charge in [0.05, 0.1) is 0 Å². The summed E-state index contributed by atoms with van der Waals surface area (Å²) in [6.45, 7) is 3.49. The van der Waals surface area contributed by atoms with Crippen molar-refractivity contribution in [3.05, 3.63) is 22.6 Å². The monoisotopic (exact) mass is 227 g/mol. The number of esters is 1. The topological polar surface area (TPSA) is 87.3 Å². The van der Waals surface area contributed by atoms with Gasteiger partial charge in [-0.05, 0) is 23.3 Å². The predicted molar refractivity (Wildman–Crippen MR) is 54.6 cm³/mol. The van der Waals surface area contributed by atoms with Crippen LogP contribution in [-0.2, 0) is 9.53 Å². The van der Waals surface area contributed by atoms with Crippen molar-refractivity contribution >= 4 is 11.8 Å². The van der Waals surface area contributed by atoms with Gasteiger partial charge in [0.15, 0.2) is 6.23 Å². The van der Waals surface area contributed by atoms with Gasteiger partial charge in [-0.3, -0.25) is 9.36 Å². The van der Waals surface area contributed by atoms with Crippen LogP contribution in [0, 0.1) is 10.1 Å². The van der Waals surface area contributed by atoms with E-state index in [0.717, 1.165) is 0 Å². The zero-order chi connectivity index (χ0) is 12.1. The Labute approximate surface area is 92.2 Å². The largest absolute Gasteiger partial charge is 0.441 e. The van der Waals surface area contributed by atoms with Gasteiger partial charge in [0.1, 0.15) is 6.20 Å². The first-order valence-electron chi connectivity index (χ1n) is 4.92. The molecule has 7 nitrogen and oxygen atoms in total. The van der Waals surface area contributed by atoms with Crippen LogP contribution in [0.15, 0.2) is 12.5 Å². The van der Waals surface area contributed by atoms with Crippen molar-refractivity contribution in [2.24, 2.45) is 0 Å². The van der Waals surface area contributed by atoms with E-state index >= 15 is 0 Å². The average Bonchev–Trinajstić information content (AvgIpc) is 2.66. The van der Waals surface area contributed by atoms with Gasteiger partial charge < -0.3 is 14.9 Å². The minimum Gasteiger partial charge on any atom is -0.441 e. The van der Waals surface area contributed by atoms with E-state index in [1.807, 2.05) is 6.92 Å². The number of rotatable bonds is 5. The molecule has 1 aromatic heterocycles. The fourth-order valence-corrected chi connectivity index (χ4v) is 1.13. The summed E-state index contributed by atoms with van der Waals surface area (Å²) in [7, 11) is 0. The lowest BCUT2D eigenvalue weighted by Gasteiger charge is -2.12. The number of ether oxygens (including phenoxy) is 1. The van der Waals surface area contributed by atoms with E-state index in [2.05, 4.69) is 4.98 Å². The molecule has 1 rings (SSSR count). The van der Waals surface area contributed by atoms with Gasteiger partial charge in [-0.1, -0.05) is 6.92 Å². The molecule has 0 spiro atoms. The van der Waals surface area contributed by atoms with Gasteiger partial charge in [0, 0.05) is 6.42 Å². The lowest BCUT2D eigenvalue weighted by molar-refractivity contribution is -0.389. The van der Waals surface area contributed by atoms with Crippen LogP contribution in [0.5, 0.6) is 0 Å². The number of carbonyl (C=O) groups is 1. The number of hydrogen-bond acceptors (Lipinski definition) is 5. The van der Waals surface area contributed by atoms with Crippen LogP contribution in [0.1, 0.15) is 32.9 Å². The summed E-state index contributed by atoms with van der Waals surface area (Å²) in [6, 6.07) is 0. The molecule has 1 aromatic rings. The fraction of sp³-hybridized carbons (Fsp3) is 0.556. The van der Waals surface area contributed by atoms with Crippen LogP contribution in [0.25, 0.3) is 0 Å². The number of hydrogen-bond donors (Lipinski definition) is 0. The Bertz CT molecular complexity index is 388. The summed E-state index contributed by atoms with van der Waals surface area (Å²) >= 11 is 0. The highest BCUT2D eigenvalue weighted by molar-refractivity contribution is 5.69.